The summed E-state index contributed by atoms with van der Waals surface area (Å²) < 4.78 is 0. The molecule has 8 nitrogen and oxygen atoms in total. The third-order valence-electron chi connectivity index (χ3n) is 2.93. The molecule has 8 heteroatoms. The second-order valence-electron chi connectivity index (χ2n) is 4.45. The fourth-order valence-corrected chi connectivity index (χ4v) is 1.80. The highest BCUT2D eigenvalue weighted by molar-refractivity contribution is 5.76. The molecule has 1 amide bonds. The number of hydrogen-bond acceptors (Lipinski definition) is 6. The summed E-state index contributed by atoms with van der Waals surface area (Å²) in [5.74, 6) is 0.609. The molecule has 2 aromatic rings. The highest BCUT2D eigenvalue weighted by Crippen LogP contribution is 2.02. The average molecular weight is 275 g/mol. The van der Waals surface area contributed by atoms with Crippen molar-refractivity contribution in [2.75, 3.05) is 0 Å². The van der Waals surface area contributed by atoms with Gasteiger partial charge in [0.1, 0.15) is 6.33 Å². The van der Waals surface area contributed by atoms with E-state index in [1.807, 2.05) is 6.92 Å². The van der Waals surface area contributed by atoms with Gasteiger partial charge in [-0.3, -0.25) is 4.79 Å². The van der Waals surface area contributed by atoms with E-state index in [2.05, 4.69) is 35.9 Å². The van der Waals surface area contributed by atoms with Crippen molar-refractivity contribution in [3.8, 4) is 0 Å². The Labute approximate surface area is 116 Å². The highest BCUT2D eigenvalue weighted by Gasteiger charge is 2.13. The van der Waals surface area contributed by atoms with E-state index in [9.17, 15) is 4.79 Å². The predicted molar refractivity (Wildman–Crippen MR) is 70.5 cm³/mol. The predicted octanol–water partition coefficient (Wildman–Crippen LogP) is 0.0598. The molecule has 0 aromatic carbocycles. The zero-order valence-corrected chi connectivity index (χ0v) is 11.3. The van der Waals surface area contributed by atoms with E-state index >= 15 is 0 Å². The largest absolute Gasteiger partial charge is 0.353 e. The van der Waals surface area contributed by atoms with Gasteiger partial charge in [0.25, 0.3) is 0 Å². The minimum Gasteiger partial charge on any atom is -0.353 e. The van der Waals surface area contributed by atoms with Gasteiger partial charge < -0.3 is 5.32 Å². The normalized spacial score (nSPS) is 12.1. The van der Waals surface area contributed by atoms with Crippen LogP contribution in [0.5, 0.6) is 0 Å². The number of carbonyl (C=O) groups is 1. The van der Waals surface area contributed by atoms with E-state index in [1.54, 1.807) is 12.4 Å². The lowest BCUT2D eigenvalue weighted by molar-refractivity contribution is -0.121. The van der Waals surface area contributed by atoms with Crippen LogP contribution in [-0.2, 0) is 17.6 Å². The second kappa shape index (κ2) is 7.27. The molecular formula is C12H17N7O. The Balaban J connectivity index is 1.77. The number of carbonyl (C=O) groups excluding carboxylic acids is 1. The number of aromatic amines is 1. The Kier molecular flexibility index (Phi) is 5.10. The van der Waals surface area contributed by atoms with E-state index < -0.39 is 0 Å². The van der Waals surface area contributed by atoms with Crippen molar-refractivity contribution >= 4 is 5.91 Å². The molecule has 2 rings (SSSR count). The molecule has 1 unspecified atom stereocenters. The van der Waals surface area contributed by atoms with Crippen molar-refractivity contribution in [1.29, 1.82) is 0 Å². The molecule has 0 bridgehead atoms. The van der Waals surface area contributed by atoms with E-state index in [-0.39, 0.29) is 11.9 Å². The van der Waals surface area contributed by atoms with Crippen molar-refractivity contribution < 1.29 is 4.79 Å². The van der Waals surface area contributed by atoms with Crippen LogP contribution in [0.15, 0.2) is 18.7 Å². The molecule has 2 heterocycles. The van der Waals surface area contributed by atoms with Crippen LogP contribution in [-0.4, -0.2) is 42.5 Å². The van der Waals surface area contributed by atoms with Crippen molar-refractivity contribution in [1.82, 2.24) is 35.9 Å². The van der Waals surface area contributed by atoms with Gasteiger partial charge in [0.15, 0.2) is 5.82 Å². The number of hydrogen-bond donors (Lipinski definition) is 2. The average Bonchev–Trinajstić information content (AvgIpc) is 2.98. The molecule has 0 saturated heterocycles. The molecule has 106 valence electrons. The van der Waals surface area contributed by atoms with Gasteiger partial charge in [-0.15, -0.1) is 10.2 Å². The van der Waals surface area contributed by atoms with Gasteiger partial charge in [0.2, 0.25) is 5.91 Å². The number of aromatic nitrogens is 6. The van der Waals surface area contributed by atoms with E-state index in [1.165, 1.54) is 6.33 Å². The highest BCUT2D eigenvalue weighted by atomic mass is 16.1. The van der Waals surface area contributed by atoms with Crippen LogP contribution in [0.25, 0.3) is 0 Å². The molecule has 0 spiro atoms. The molecule has 0 radical (unpaired) electrons. The summed E-state index contributed by atoms with van der Waals surface area (Å²) in [7, 11) is 0. The number of aryl methyl sites for hydroxylation is 1. The molecule has 20 heavy (non-hydrogen) atoms. The lowest BCUT2D eigenvalue weighted by atomic mass is 10.1. The summed E-state index contributed by atoms with van der Waals surface area (Å²) in [5, 5.41) is 16.7. The lowest BCUT2D eigenvalue weighted by Crippen LogP contribution is -2.36. The summed E-state index contributed by atoms with van der Waals surface area (Å²) in [6.07, 6.45) is 7.35. The smallest absolute Gasteiger partial charge is 0.220 e. The topological polar surface area (TPSA) is 109 Å². The summed E-state index contributed by atoms with van der Waals surface area (Å²) in [6.45, 7) is 2.01. The number of nitrogens with zero attached hydrogens (tertiary/aromatic N) is 5. The van der Waals surface area contributed by atoms with Crippen LogP contribution in [0, 0.1) is 0 Å². The summed E-state index contributed by atoms with van der Waals surface area (Å²) in [6, 6.07) is 0.0205. The second-order valence-corrected chi connectivity index (χ2v) is 4.45. The number of rotatable bonds is 7. The van der Waals surface area contributed by atoms with Crippen molar-refractivity contribution in [3.63, 3.8) is 0 Å². The first-order valence-electron chi connectivity index (χ1n) is 6.53. The van der Waals surface area contributed by atoms with Crippen LogP contribution in [0.1, 0.15) is 31.2 Å². The monoisotopic (exact) mass is 275 g/mol. The zero-order chi connectivity index (χ0) is 14.2. The molecule has 2 N–H and O–H groups in total. The molecule has 0 aliphatic carbocycles. The maximum absolute atomic E-state index is 11.9. The minimum absolute atomic E-state index is 0.00389. The summed E-state index contributed by atoms with van der Waals surface area (Å²) in [5.41, 5.74) is 0.953. The molecule has 1 atom stereocenters. The van der Waals surface area contributed by atoms with E-state index in [4.69, 9.17) is 0 Å². The molecule has 0 fully saturated rings. The molecule has 0 aliphatic heterocycles. The van der Waals surface area contributed by atoms with Gasteiger partial charge in [-0.2, -0.15) is 5.21 Å². The number of tetrazole rings is 1. The lowest BCUT2D eigenvalue weighted by Gasteiger charge is -2.15. The standard InChI is InChI=1S/C12H17N7O/c1-2-10(5-11-16-18-19-17-11)15-12(20)4-3-9-6-13-8-14-7-9/h6-8,10H,2-5H2,1H3,(H,15,20)(H,16,17,18,19). The Morgan fingerprint density at radius 1 is 1.40 bits per heavy atom. The van der Waals surface area contributed by atoms with E-state index in [0.717, 1.165) is 12.0 Å². The number of amides is 1. The maximum atomic E-state index is 11.9. The maximum Gasteiger partial charge on any atom is 0.220 e. The molecule has 0 aliphatic rings. The third-order valence-corrected chi connectivity index (χ3v) is 2.93. The Morgan fingerprint density at radius 2 is 2.20 bits per heavy atom. The van der Waals surface area contributed by atoms with Gasteiger partial charge in [0, 0.05) is 31.3 Å². The Bertz CT molecular complexity index is 514. The van der Waals surface area contributed by atoms with Gasteiger partial charge in [-0.1, -0.05) is 12.1 Å². The molecule has 0 saturated carbocycles. The van der Waals surface area contributed by atoms with Gasteiger partial charge in [-0.25, -0.2) is 9.97 Å². The molecule has 2 aromatic heterocycles. The van der Waals surface area contributed by atoms with Crippen molar-refractivity contribution in [2.45, 2.75) is 38.6 Å². The fourth-order valence-electron chi connectivity index (χ4n) is 1.80. The van der Waals surface area contributed by atoms with E-state index in [0.29, 0.717) is 25.1 Å². The van der Waals surface area contributed by atoms with Crippen molar-refractivity contribution in [2.24, 2.45) is 0 Å². The quantitative estimate of drug-likeness (QED) is 0.739. The first-order valence-corrected chi connectivity index (χ1v) is 6.53. The van der Waals surface area contributed by atoms with Gasteiger partial charge in [-0.05, 0) is 18.4 Å². The third kappa shape index (κ3) is 4.38. The van der Waals surface area contributed by atoms with Crippen LogP contribution in [0.3, 0.4) is 0 Å². The molecular weight excluding hydrogens is 258 g/mol. The van der Waals surface area contributed by atoms with Crippen molar-refractivity contribution in [3.05, 3.63) is 30.1 Å². The summed E-state index contributed by atoms with van der Waals surface area (Å²) >= 11 is 0. The van der Waals surface area contributed by atoms with Crippen LogP contribution < -0.4 is 5.32 Å². The van der Waals surface area contributed by atoms with Crippen LogP contribution in [0.4, 0.5) is 0 Å². The van der Waals surface area contributed by atoms with Gasteiger partial charge in [0.05, 0.1) is 0 Å². The Hall–Kier alpha value is -2.38. The first kappa shape index (κ1) is 14.0. The fraction of sp³-hybridized carbons (Fsp3) is 0.500. The zero-order valence-electron chi connectivity index (χ0n) is 11.3. The number of nitrogens with one attached hydrogen (secondary N) is 2. The van der Waals surface area contributed by atoms with Crippen LogP contribution in [0.2, 0.25) is 0 Å². The van der Waals surface area contributed by atoms with Crippen LogP contribution >= 0.6 is 0 Å². The number of H-pyrrole nitrogens is 1. The summed E-state index contributed by atoms with van der Waals surface area (Å²) in [4.78, 5) is 19.7. The first-order chi connectivity index (χ1) is 9.78. The minimum atomic E-state index is 0.00389. The SMILES string of the molecule is CCC(Cc1nn[nH]n1)NC(=O)CCc1cncnc1. The Morgan fingerprint density at radius 3 is 2.85 bits per heavy atom. The van der Waals surface area contributed by atoms with Gasteiger partial charge >= 0.3 is 0 Å².